The molecule has 0 saturated carbocycles. The third-order valence-electron chi connectivity index (χ3n) is 3.87. The maximum absolute atomic E-state index is 6.19. The maximum Gasteiger partial charge on any atom is 0.0480 e. The summed E-state index contributed by atoms with van der Waals surface area (Å²) in [5, 5.41) is 0. The van der Waals surface area contributed by atoms with Gasteiger partial charge in [-0.1, -0.05) is 27.7 Å². The predicted octanol–water partition coefficient (Wildman–Crippen LogP) is 5.41. The van der Waals surface area contributed by atoms with E-state index in [-0.39, 0.29) is 0 Å². The van der Waals surface area contributed by atoms with Crippen LogP contribution < -0.4 is 0 Å². The molecule has 2 heteroatoms. The largest absolute Gasteiger partial charge is 0.122 e. The Balaban J connectivity index is 3.71. The van der Waals surface area contributed by atoms with E-state index in [1.807, 2.05) is 0 Å². The number of halogens is 2. The van der Waals surface area contributed by atoms with Gasteiger partial charge in [-0.2, -0.15) is 0 Å². The van der Waals surface area contributed by atoms with Crippen LogP contribution >= 0.6 is 23.2 Å². The Morgan fingerprint density at radius 2 is 0.722 bits per heavy atom. The number of rotatable bonds is 6. The molecule has 0 amide bonds. The van der Waals surface area contributed by atoms with Crippen LogP contribution in [-0.4, -0.2) is 0 Å². The van der Waals surface area contributed by atoms with E-state index < -0.39 is 0 Å². The summed E-state index contributed by atoms with van der Waals surface area (Å²) in [7, 11) is 0. The number of benzene rings is 1. The molecule has 0 fully saturated rings. The van der Waals surface area contributed by atoms with Gasteiger partial charge in [-0.15, -0.1) is 23.2 Å². The fourth-order valence-electron chi connectivity index (χ4n) is 3.12. The van der Waals surface area contributed by atoms with E-state index in [9.17, 15) is 0 Å². The van der Waals surface area contributed by atoms with Gasteiger partial charge >= 0.3 is 0 Å². The van der Waals surface area contributed by atoms with Crippen LogP contribution in [0.25, 0.3) is 0 Å². The minimum Gasteiger partial charge on any atom is -0.122 e. The Bertz CT molecular complexity index is 288. The summed E-state index contributed by atoms with van der Waals surface area (Å²) >= 11 is 12.4. The topological polar surface area (TPSA) is 0 Å². The predicted molar refractivity (Wildman–Crippen MR) is 83.1 cm³/mol. The lowest BCUT2D eigenvalue weighted by Crippen LogP contribution is -2.11. The molecule has 102 valence electrons. The zero-order chi connectivity index (χ0) is 13.7. The molecule has 0 heterocycles. The van der Waals surface area contributed by atoms with Gasteiger partial charge in [0.05, 0.1) is 0 Å². The molecule has 0 spiro atoms. The zero-order valence-electron chi connectivity index (χ0n) is 12.0. The van der Waals surface area contributed by atoms with Crippen molar-refractivity contribution in [3.63, 3.8) is 0 Å². The summed E-state index contributed by atoms with van der Waals surface area (Å²) in [5.74, 6) is 1.16. The zero-order valence-corrected chi connectivity index (χ0v) is 13.5. The second-order valence-corrected chi connectivity index (χ2v) is 5.09. The van der Waals surface area contributed by atoms with E-state index in [0.29, 0.717) is 11.8 Å². The van der Waals surface area contributed by atoms with Crippen molar-refractivity contribution in [3.05, 3.63) is 33.4 Å². The molecule has 0 radical (unpaired) electrons. The van der Waals surface area contributed by atoms with Gasteiger partial charge < -0.3 is 0 Å². The standard InChI is InChI=1S/C16H24Cl2/c1-5-11-12(6-2)14(8-4)16(10-18)15(9-17)13(11)7-3/h5-10H2,1-4H3. The van der Waals surface area contributed by atoms with Gasteiger partial charge in [0.1, 0.15) is 0 Å². The highest BCUT2D eigenvalue weighted by molar-refractivity contribution is 6.19. The molecule has 0 aliphatic rings. The highest BCUT2D eigenvalue weighted by Crippen LogP contribution is 2.32. The highest BCUT2D eigenvalue weighted by Gasteiger charge is 2.19. The molecular weight excluding hydrogens is 263 g/mol. The first-order valence-electron chi connectivity index (χ1n) is 6.98. The van der Waals surface area contributed by atoms with Crippen molar-refractivity contribution in [1.82, 2.24) is 0 Å². The van der Waals surface area contributed by atoms with Gasteiger partial charge in [-0.3, -0.25) is 0 Å². The second kappa shape index (κ2) is 7.40. The fourth-order valence-corrected chi connectivity index (χ4v) is 3.77. The SMILES string of the molecule is CCc1c(CC)c(CC)c(CCl)c(CCl)c1CC. The molecule has 18 heavy (non-hydrogen) atoms. The van der Waals surface area contributed by atoms with Crippen LogP contribution in [0.2, 0.25) is 0 Å². The summed E-state index contributed by atoms with van der Waals surface area (Å²) in [4.78, 5) is 0. The van der Waals surface area contributed by atoms with Crippen molar-refractivity contribution in [2.75, 3.05) is 0 Å². The number of alkyl halides is 2. The van der Waals surface area contributed by atoms with Crippen LogP contribution in [0.1, 0.15) is 61.1 Å². The summed E-state index contributed by atoms with van der Waals surface area (Å²) < 4.78 is 0. The Hall–Kier alpha value is -0.200. The minimum atomic E-state index is 0.579. The van der Waals surface area contributed by atoms with Crippen LogP contribution in [0.5, 0.6) is 0 Å². The Morgan fingerprint density at radius 3 is 0.889 bits per heavy atom. The van der Waals surface area contributed by atoms with Gasteiger partial charge in [-0.25, -0.2) is 0 Å². The van der Waals surface area contributed by atoms with Crippen LogP contribution in [0.4, 0.5) is 0 Å². The highest BCUT2D eigenvalue weighted by atomic mass is 35.5. The molecule has 0 atom stereocenters. The van der Waals surface area contributed by atoms with E-state index in [4.69, 9.17) is 23.2 Å². The van der Waals surface area contributed by atoms with E-state index in [1.165, 1.54) is 33.4 Å². The summed E-state index contributed by atoms with van der Waals surface area (Å²) in [6, 6.07) is 0. The lowest BCUT2D eigenvalue weighted by atomic mass is 9.83. The third kappa shape index (κ3) is 2.70. The Labute approximate surface area is 122 Å². The normalized spacial score (nSPS) is 11.0. The molecule has 0 saturated heterocycles. The summed E-state index contributed by atoms with van der Waals surface area (Å²) in [5.41, 5.74) is 8.50. The van der Waals surface area contributed by atoms with Crippen molar-refractivity contribution in [2.24, 2.45) is 0 Å². The quantitative estimate of drug-likeness (QED) is 0.613. The lowest BCUT2D eigenvalue weighted by molar-refractivity contribution is 0.911. The fraction of sp³-hybridized carbons (Fsp3) is 0.625. The van der Waals surface area contributed by atoms with Crippen LogP contribution in [0.15, 0.2) is 0 Å². The summed E-state index contributed by atoms with van der Waals surface area (Å²) in [6.07, 6.45) is 4.27. The average molecular weight is 287 g/mol. The Kier molecular flexibility index (Phi) is 6.52. The third-order valence-corrected chi connectivity index (χ3v) is 4.40. The van der Waals surface area contributed by atoms with Gasteiger partial charge in [0.15, 0.2) is 0 Å². The lowest BCUT2D eigenvalue weighted by Gasteiger charge is -2.23. The summed E-state index contributed by atoms with van der Waals surface area (Å²) in [6.45, 7) is 8.91. The molecule has 0 bridgehead atoms. The van der Waals surface area contributed by atoms with Gasteiger partial charge in [0, 0.05) is 11.8 Å². The van der Waals surface area contributed by atoms with Crippen LogP contribution in [0, 0.1) is 0 Å². The molecule has 1 rings (SSSR count). The maximum atomic E-state index is 6.19. The van der Waals surface area contributed by atoms with Crippen molar-refractivity contribution < 1.29 is 0 Å². The van der Waals surface area contributed by atoms with Crippen molar-refractivity contribution >= 4 is 23.2 Å². The first-order chi connectivity index (χ1) is 8.69. The number of hydrogen-bond donors (Lipinski definition) is 0. The molecular formula is C16H24Cl2. The molecule has 0 aliphatic carbocycles. The average Bonchev–Trinajstić information content (AvgIpc) is 2.43. The van der Waals surface area contributed by atoms with Crippen molar-refractivity contribution in [3.8, 4) is 0 Å². The second-order valence-electron chi connectivity index (χ2n) is 4.55. The van der Waals surface area contributed by atoms with E-state index >= 15 is 0 Å². The van der Waals surface area contributed by atoms with Gasteiger partial charge in [0.25, 0.3) is 0 Å². The first-order valence-corrected chi connectivity index (χ1v) is 8.05. The molecule has 0 aromatic heterocycles. The molecule has 0 N–H and O–H groups in total. The molecule has 1 aromatic rings. The first kappa shape index (κ1) is 15.9. The molecule has 0 unspecified atom stereocenters. The Morgan fingerprint density at radius 1 is 0.500 bits per heavy atom. The van der Waals surface area contributed by atoms with E-state index in [0.717, 1.165) is 25.7 Å². The van der Waals surface area contributed by atoms with Gasteiger partial charge in [-0.05, 0) is 59.1 Å². The molecule has 1 aromatic carbocycles. The van der Waals surface area contributed by atoms with Gasteiger partial charge in [0.2, 0.25) is 0 Å². The van der Waals surface area contributed by atoms with Crippen LogP contribution in [0.3, 0.4) is 0 Å². The van der Waals surface area contributed by atoms with Crippen molar-refractivity contribution in [2.45, 2.75) is 65.1 Å². The van der Waals surface area contributed by atoms with Crippen LogP contribution in [-0.2, 0) is 37.4 Å². The molecule has 0 aliphatic heterocycles. The van der Waals surface area contributed by atoms with E-state index in [1.54, 1.807) is 0 Å². The van der Waals surface area contributed by atoms with E-state index in [2.05, 4.69) is 27.7 Å². The number of hydrogen-bond acceptors (Lipinski definition) is 0. The molecule has 0 nitrogen and oxygen atoms in total. The monoisotopic (exact) mass is 286 g/mol. The smallest absolute Gasteiger partial charge is 0.0480 e. The van der Waals surface area contributed by atoms with Crippen molar-refractivity contribution in [1.29, 1.82) is 0 Å². The minimum absolute atomic E-state index is 0.579.